The monoisotopic (exact) mass is 534 g/mol. The first kappa shape index (κ1) is 27.5. The number of pyridine rings is 1. The van der Waals surface area contributed by atoms with Crippen molar-refractivity contribution in [3.8, 4) is 0 Å². The van der Waals surface area contributed by atoms with Crippen LogP contribution in [0.1, 0.15) is 60.5 Å². The predicted molar refractivity (Wildman–Crippen MR) is 147 cm³/mol. The van der Waals surface area contributed by atoms with Crippen LogP contribution in [0.25, 0.3) is 0 Å². The van der Waals surface area contributed by atoms with E-state index in [9.17, 15) is 18.0 Å². The van der Waals surface area contributed by atoms with Crippen molar-refractivity contribution in [2.24, 2.45) is 0 Å². The topological polar surface area (TPSA) is 99.7 Å². The van der Waals surface area contributed by atoms with E-state index >= 15 is 0 Å². The minimum absolute atomic E-state index is 0.0186. The van der Waals surface area contributed by atoms with Gasteiger partial charge in [-0.05, 0) is 66.9 Å². The van der Waals surface area contributed by atoms with Gasteiger partial charge in [0.25, 0.3) is 15.9 Å². The molecule has 2 amide bonds. The van der Waals surface area contributed by atoms with Crippen LogP contribution in [0.5, 0.6) is 0 Å². The molecular formula is C29H34N4O4S. The summed E-state index contributed by atoms with van der Waals surface area (Å²) < 4.78 is 27.7. The molecule has 1 N–H and O–H groups in total. The molecule has 0 fully saturated rings. The van der Waals surface area contributed by atoms with Gasteiger partial charge in [0.2, 0.25) is 5.91 Å². The van der Waals surface area contributed by atoms with Gasteiger partial charge < -0.3 is 4.90 Å². The molecule has 2 heterocycles. The molecule has 0 atom stereocenters. The molecule has 0 bridgehead atoms. The highest BCUT2D eigenvalue weighted by molar-refractivity contribution is 7.90. The second-order valence-electron chi connectivity index (χ2n) is 9.60. The molecule has 1 aliphatic heterocycles. The number of aromatic nitrogens is 1. The number of benzene rings is 2. The van der Waals surface area contributed by atoms with Crippen LogP contribution in [-0.2, 0) is 27.9 Å². The Morgan fingerprint density at radius 1 is 0.921 bits per heavy atom. The average Bonchev–Trinajstić information content (AvgIpc) is 2.90. The van der Waals surface area contributed by atoms with Crippen LogP contribution in [0, 0.1) is 0 Å². The Bertz CT molecular complexity index is 1350. The van der Waals surface area contributed by atoms with Gasteiger partial charge in [-0.1, -0.05) is 43.5 Å². The molecule has 0 unspecified atom stereocenters. The van der Waals surface area contributed by atoms with Gasteiger partial charge in [-0.2, -0.15) is 0 Å². The average molecular weight is 535 g/mol. The lowest BCUT2D eigenvalue weighted by molar-refractivity contribution is -0.116. The Morgan fingerprint density at radius 2 is 1.66 bits per heavy atom. The zero-order chi connectivity index (χ0) is 27.0. The molecule has 0 aliphatic carbocycles. The smallest absolute Gasteiger partial charge is 0.265 e. The summed E-state index contributed by atoms with van der Waals surface area (Å²) in [6.45, 7) is 4.18. The van der Waals surface area contributed by atoms with E-state index in [2.05, 4.69) is 14.6 Å². The van der Waals surface area contributed by atoms with E-state index < -0.39 is 15.9 Å². The molecule has 8 nitrogen and oxygen atoms in total. The lowest BCUT2D eigenvalue weighted by atomic mass is 10.0. The van der Waals surface area contributed by atoms with Crippen molar-refractivity contribution in [3.05, 3.63) is 89.7 Å². The van der Waals surface area contributed by atoms with E-state index in [1.807, 2.05) is 18.3 Å². The molecule has 0 radical (unpaired) electrons. The van der Waals surface area contributed by atoms with E-state index in [-0.39, 0.29) is 16.4 Å². The van der Waals surface area contributed by atoms with Crippen LogP contribution in [0.4, 0.5) is 5.69 Å². The van der Waals surface area contributed by atoms with E-state index in [1.165, 1.54) is 12.1 Å². The highest BCUT2D eigenvalue weighted by Crippen LogP contribution is 2.27. The summed E-state index contributed by atoms with van der Waals surface area (Å²) in [6, 6.07) is 16.8. The van der Waals surface area contributed by atoms with E-state index in [4.69, 9.17) is 0 Å². The molecule has 200 valence electrons. The largest absolute Gasteiger partial charge is 0.312 e. The molecule has 1 aliphatic rings. The van der Waals surface area contributed by atoms with Gasteiger partial charge >= 0.3 is 0 Å². The summed E-state index contributed by atoms with van der Waals surface area (Å²) in [4.78, 5) is 34.1. The van der Waals surface area contributed by atoms with Crippen molar-refractivity contribution in [1.29, 1.82) is 0 Å². The van der Waals surface area contributed by atoms with Crippen LogP contribution in [-0.4, -0.2) is 43.2 Å². The Balaban J connectivity index is 1.68. The lowest BCUT2D eigenvalue weighted by Gasteiger charge is -2.29. The second-order valence-corrected chi connectivity index (χ2v) is 11.3. The molecule has 38 heavy (non-hydrogen) atoms. The first-order valence-electron chi connectivity index (χ1n) is 13.0. The minimum Gasteiger partial charge on any atom is -0.312 e. The maximum atomic E-state index is 13.1. The number of carbonyl (C=O) groups excluding carboxylic acids is 2. The van der Waals surface area contributed by atoms with E-state index in [0.717, 1.165) is 55.5 Å². The van der Waals surface area contributed by atoms with Crippen molar-refractivity contribution in [2.75, 3.05) is 18.0 Å². The summed E-state index contributed by atoms with van der Waals surface area (Å²) in [6.07, 6.45) is 8.80. The van der Waals surface area contributed by atoms with Gasteiger partial charge in [-0.3, -0.25) is 19.5 Å². The Morgan fingerprint density at radius 3 is 2.37 bits per heavy atom. The van der Waals surface area contributed by atoms with E-state index in [0.29, 0.717) is 19.6 Å². The fraction of sp³-hybridized carbons (Fsp3) is 0.345. The Hall–Kier alpha value is -3.56. The second kappa shape index (κ2) is 12.8. The van der Waals surface area contributed by atoms with Gasteiger partial charge in [-0.25, -0.2) is 13.1 Å². The van der Waals surface area contributed by atoms with Crippen molar-refractivity contribution in [2.45, 2.75) is 57.0 Å². The molecule has 0 spiro atoms. The molecule has 4 rings (SSSR count). The van der Waals surface area contributed by atoms with Crippen molar-refractivity contribution in [3.63, 3.8) is 0 Å². The number of carbonyl (C=O) groups is 2. The summed E-state index contributed by atoms with van der Waals surface area (Å²) in [5, 5.41) is 0. The number of hydrogen-bond acceptors (Lipinski definition) is 6. The molecular weight excluding hydrogens is 500 g/mol. The number of rotatable bonds is 5. The van der Waals surface area contributed by atoms with Crippen molar-refractivity contribution in [1.82, 2.24) is 14.6 Å². The Kier molecular flexibility index (Phi) is 9.25. The van der Waals surface area contributed by atoms with Gasteiger partial charge in [0, 0.05) is 50.2 Å². The lowest BCUT2D eigenvalue weighted by Crippen LogP contribution is -2.33. The maximum Gasteiger partial charge on any atom is 0.265 e. The Labute approximate surface area is 224 Å². The molecule has 0 saturated carbocycles. The number of amides is 2. The fourth-order valence-electron chi connectivity index (χ4n) is 4.74. The van der Waals surface area contributed by atoms with Crippen LogP contribution in [0.2, 0.25) is 0 Å². The van der Waals surface area contributed by atoms with Crippen molar-refractivity contribution >= 4 is 27.5 Å². The molecule has 0 saturated heterocycles. The third-order valence-electron chi connectivity index (χ3n) is 6.67. The fourth-order valence-corrected chi connectivity index (χ4v) is 5.74. The first-order chi connectivity index (χ1) is 18.3. The van der Waals surface area contributed by atoms with Gasteiger partial charge in [0.05, 0.1) is 4.90 Å². The van der Waals surface area contributed by atoms with Crippen LogP contribution in [0.15, 0.2) is 78.0 Å². The molecule has 1 aromatic heterocycles. The number of nitrogens with zero attached hydrogens (tertiary/aromatic N) is 3. The summed E-state index contributed by atoms with van der Waals surface area (Å²) >= 11 is 0. The number of sulfonamides is 1. The molecule has 2 aromatic carbocycles. The number of nitrogens with one attached hydrogen (secondary N) is 1. The van der Waals surface area contributed by atoms with Crippen LogP contribution in [0.3, 0.4) is 0 Å². The number of hydrogen-bond donors (Lipinski definition) is 1. The van der Waals surface area contributed by atoms with Gasteiger partial charge in [0.15, 0.2) is 0 Å². The molecule has 3 aromatic rings. The third-order valence-corrected chi connectivity index (χ3v) is 8.02. The number of fused-ring (bicyclic) bond motifs is 1. The first-order valence-corrected chi connectivity index (χ1v) is 14.5. The molecule has 9 heteroatoms. The summed E-state index contributed by atoms with van der Waals surface area (Å²) in [7, 11) is -4.02. The van der Waals surface area contributed by atoms with Crippen LogP contribution < -0.4 is 9.62 Å². The van der Waals surface area contributed by atoms with E-state index in [1.54, 1.807) is 54.4 Å². The summed E-state index contributed by atoms with van der Waals surface area (Å²) in [5.41, 5.74) is 2.85. The SMILES string of the molecule is CC(=O)N1CCCCCCCN(Cc2cccnc2)Cc2cc(C(=O)NS(=O)(=O)c3ccccc3)ccc21. The zero-order valence-electron chi connectivity index (χ0n) is 21.7. The van der Waals surface area contributed by atoms with Gasteiger partial charge in [0.1, 0.15) is 0 Å². The van der Waals surface area contributed by atoms with Gasteiger partial charge in [-0.15, -0.1) is 0 Å². The zero-order valence-corrected chi connectivity index (χ0v) is 22.5. The highest BCUT2D eigenvalue weighted by atomic mass is 32.2. The summed E-state index contributed by atoms with van der Waals surface area (Å²) in [5.74, 6) is -0.776. The highest BCUT2D eigenvalue weighted by Gasteiger charge is 2.23. The normalized spacial score (nSPS) is 15.6. The number of anilines is 1. The minimum atomic E-state index is -4.02. The van der Waals surface area contributed by atoms with Crippen molar-refractivity contribution < 1.29 is 18.0 Å². The standard InChI is InChI=1S/C29H34N4O4S/c1-23(34)33-18-9-4-2-3-8-17-32(21-24-11-10-16-30-20-24)22-26-19-25(14-15-28(26)33)29(35)31-38(36,37)27-12-6-5-7-13-27/h5-7,10-16,19-20H,2-4,8-9,17-18,21-22H2,1H3,(H,31,35). The maximum absolute atomic E-state index is 13.1. The third kappa shape index (κ3) is 7.26. The van der Waals surface area contributed by atoms with Crippen LogP contribution >= 0.6 is 0 Å². The quantitative estimate of drug-likeness (QED) is 0.517. The predicted octanol–water partition coefficient (Wildman–Crippen LogP) is 4.52.